The van der Waals surface area contributed by atoms with Gasteiger partial charge in [0, 0.05) is 18.0 Å². The fourth-order valence-corrected chi connectivity index (χ4v) is 2.75. The van der Waals surface area contributed by atoms with Crippen molar-refractivity contribution < 1.29 is 17.8 Å². The van der Waals surface area contributed by atoms with Crippen LogP contribution >= 0.6 is 0 Å². The van der Waals surface area contributed by atoms with E-state index < -0.39 is 16.0 Å². The van der Waals surface area contributed by atoms with E-state index in [0.717, 1.165) is 0 Å². The number of anilines is 2. The van der Waals surface area contributed by atoms with Gasteiger partial charge in [0.25, 0.3) is 10.1 Å². The molecule has 4 N–H and O–H groups in total. The highest BCUT2D eigenvalue weighted by Gasteiger charge is 2.20. The van der Waals surface area contributed by atoms with Crippen LogP contribution in [0.3, 0.4) is 0 Å². The molecule has 2 aromatic carbocycles. The summed E-state index contributed by atoms with van der Waals surface area (Å²) in [7, 11) is -4.47. The van der Waals surface area contributed by atoms with Crippen LogP contribution in [-0.2, 0) is 14.9 Å². The summed E-state index contributed by atoms with van der Waals surface area (Å²) in [5, 5.41) is 3.23. The summed E-state index contributed by atoms with van der Waals surface area (Å²) < 4.78 is 32.4. The van der Waals surface area contributed by atoms with Crippen molar-refractivity contribution in [2.45, 2.75) is 11.8 Å². The van der Waals surface area contributed by atoms with Crippen molar-refractivity contribution in [3.05, 3.63) is 30.3 Å². The van der Waals surface area contributed by atoms with Crippen LogP contribution in [-0.4, -0.2) is 18.9 Å². The molecule has 6 nitrogen and oxygen atoms in total. The Morgan fingerprint density at radius 2 is 1.95 bits per heavy atom. The van der Waals surface area contributed by atoms with E-state index in [1.807, 2.05) is 0 Å². The van der Waals surface area contributed by atoms with Crippen LogP contribution in [0.1, 0.15) is 6.92 Å². The van der Waals surface area contributed by atoms with Crippen molar-refractivity contribution in [1.29, 1.82) is 0 Å². The Balaban J connectivity index is 2.85. The van der Waals surface area contributed by atoms with Crippen molar-refractivity contribution in [3.8, 4) is 0 Å². The van der Waals surface area contributed by atoms with E-state index in [-0.39, 0.29) is 10.6 Å². The minimum absolute atomic E-state index is 0.0345. The number of nitrogens with two attached hydrogens (primary N) is 1. The average Bonchev–Trinajstić information content (AvgIpc) is 2.26. The molecule has 0 aromatic heterocycles. The molecule has 0 heterocycles. The second kappa shape index (κ2) is 4.52. The summed E-state index contributed by atoms with van der Waals surface area (Å²) in [6, 6.07) is 7.62. The third kappa shape index (κ3) is 2.67. The molecule has 2 rings (SSSR count). The zero-order valence-corrected chi connectivity index (χ0v) is 10.9. The average molecular weight is 280 g/mol. The predicted octanol–water partition coefficient (Wildman–Crippen LogP) is 1.63. The minimum atomic E-state index is -4.47. The lowest BCUT2D eigenvalue weighted by atomic mass is 10.1. The van der Waals surface area contributed by atoms with E-state index in [9.17, 15) is 17.8 Å². The molecule has 0 unspecified atom stereocenters. The van der Waals surface area contributed by atoms with Gasteiger partial charge in [-0.3, -0.25) is 9.35 Å². The smallest absolute Gasteiger partial charge is 0.297 e. The zero-order valence-electron chi connectivity index (χ0n) is 10.0. The van der Waals surface area contributed by atoms with Crippen LogP contribution in [0.2, 0.25) is 0 Å². The number of hydrogen-bond acceptors (Lipinski definition) is 4. The van der Waals surface area contributed by atoms with Crippen LogP contribution in [0.15, 0.2) is 35.2 Å². The third-order valence-corrected chi connectivity index (χ3v) is 3.52. The van der Waals surface area contributed by atoms with Gasteiger partial charge in [-0.25, -0.2) is 0 Å². The van der Waals surface area contributed by atoms with E-state index in [4.69, 9.17) is 5.73 Å². The summed E-state index contributed by atoms with van der Waals surface area (Å²) >= 11 is 0. The van der Waals surface area contributed by atoms with Gasteiger partial charge in [-0.1, -0.05) is 12.1 Å². The summed E-state index contributed by atoms with van der Waals surface area (Å²) in [6.45, 7) is 1.25. The molecule has 0 aliphatic carbocycles. The fraction of sp³-hybridized carbons (Fsp3) is 0.0833. The molecule has 0 spiro atoms. The molecule has 7 heteroatoms. The molecule has 1 amide bonds. The van der Waals surface area contributed by atoms with Gasteiger partial charge in [0.2, 0.25) is 5.91 Å². The first-order valence-corrected chi connectivity index (χ1v) is 6.80. The topological polar surface area (TPSA) is 109 Å². The molecular weight excluding hydrogens is 268 g/mol. The lowest BCUT2D eigenvalue weighted by Gasteiger charge is -2.11. The molecule has 0 aliphatic heterocycles. The maximum absolute atomic E-state index is 11.5. The molecule has 0 bridgehead atoms. The molecule has 0 aliphatic rings. The van der Waals surface area contributed by atoms with Crippen LogP contribution in [0, 0.1) is 0 Å². The second-order valence-electron chi connectivity index (χ2n) is 4.08. The molecule has 0 saturated carbocycles. The molecular formula is C12H12N2O4S. The Bertz CT molecular complexity index is 769. The highest BCUT2D eigenvalue weighted by Crippen LogP contribution is 2.31. The number of carbonyl (C=O) groups excluding carboxylic acids is 1. The number of nitrogens with one attached hydrogen (secondary N) is 1. The number of nitrogen functional groups attached to an aromatic ring is 1. The van der Waals surface area contributed by atoms with Crippen LogP contribution in [0.4, 0.5) is 11.4 Å². The van der Waals surface area contributed by atoms with Gasteiger partial charge < -0.3 is 11.1 Å². The Morgan fingerprint density at radius 3 is 2.53 bits per heavy atom. The Hall–Kier alpha value is -2.12. The van der Waals surface area contributed by atoms with Gasteiger partial charge in [0.05, 0.1) is 5.69 Å². The summed E-state index contributed by atoms with van der Waals surface area (Å²) in [5.74, 6) is -0.431. The highest BCUT2D eigenvalue weighted by molar-refractivity contribution is 7.86. The van der Waals surface area contributed by atoms with E-state index in [0.29, 0.717) is 16.5 Å². The highest BCUT2D eigenvalue weighted by atomic mass is 32.2. The summed E-state index contributed by atoms with van der Waals surface area (Å²) in [5.41, 5.74) is 6.13. The molecule has 0 radical (unpaired) electrons. The molecule has 0 fully saturated rings. The molecule has 19 heavy (non-hydrogen) atoms. The molecule has 100 valence electrons. The maximum atomic E-state index is 11.5. The van der Waals surface area contributed by atoms with Gasteiger partial charge in [-0.05, 0) is 23.6 Å². The van der Waals surface area contributed by atoms with Crippen LogP contribution in [0.25, 0.3) is 10.8 Å². The Morgan fingerprint density at radius 1 is 1.26 bits per heavy atom. The van der Waals surface area contributed by atoms with Crippen LogP contribution < -0.4 is 11.1 Å². The van der Waals surface area contributed by atoms with Crippen molar-refractivity contribution in [2.75, 3.05) is 11.1 Å². The van der Waals surface area contributed by atoms with Gasteiger partial charge in [-0.2, -0.15) is 8.42 Å². The van der Waals surface area contributed by atoms with E-state index in [1.165, 1.54) is 25.1 Å². The van der Waals surface area contributed by atoms with E-state index in [1.54, 1.807) is 12.1 Å². The normalized spacial score (nSPS) is 11.5. The monoisotopic (exact) mass is 280 g/mol. The summed E-state index contributed by atoms with van der Waals surface area (Å²) in [6.07, 6.45) is 0. The largest absolute Gasteiger partial charge is 0.399 e. The molecule has 2 aromatic rings. The fourth-order valence-electron chi connectivity index (χ4n) is 1.89. The Labute approximate surface area is 110 Å². The number of fused-ring (bicyclic) bond motifs is 1. The van der Waals surface area contributed by atoms with Crippen molar-refractivity contribution in [3.63, 3.8) is 0 Å². The number of amides is 1. The SMILES string of the molecule is CC(=O)Nc1ccc2cc(N)ccc2c1S(=O)(=O)O. The quantitative estimate of drug-likeness (QED) is 0.572. The summed E-state index contributed by atoms with van der Waals surface area (Å²) in [4.78, 5) is 10.7. The third-order valence-electron chi connectivity index (χ3n) is 2.56. The minimum Gasteiger partial charge on any atom is -0.399 e. The van der Waals surface area contributed by atoms with Crippen molar-refractivity contribution >= 4 is 38.2 Å². The lowest BCUT2D eigenvalue weighted by molar-refractivity contribution is -0.114. The van der Waals surface area contributed by atoms with Crippen LogP contribution in [0.5, 0.6) is 0 Å². The number of hydrogen-bond donors (Lipinski definition) is 3. The van der Waals surface area contributed by atoms with Crippen molar-refractivity contribution in [2.24, 2.45) is 0 Å². The standard InChI is InChI=1S/C12H12N2O4S/c1-7(15)14-11-5-2-8-6-9(13)3-4-10(8)12(11)19(16,17)18/h2-6H,13H2,1H3,(H,14,15)(H,16,17,18). The van der Waals surface area contributed by atoms with Crippen molar-refractivity contribution in [1.82, 2.24) is 0 Å². The first-order chi connectivity index (χ1) is 8.79. The Kier molecular flexibility index (Phi) is 3.17. The van der Waals surface area contributed by atoms with E-state index in [2.05, 4.69) is 5.32 Å². The van der Waals surface area contributed by atoms with E-state index >= 15 is 0 Å². The second-order valence-corrected chi connectivity index (χ2v) is 5.44. The predicted molar refractivity (Wildman–Crippen MR) is 72.5 cm³/mol. The van der Waals surface area contributed by atoms with Gasteiger partial charge in [-0.15, -0.1) is 0 Å². The van der Waals surface area contributed by atoms with Gasteiger partial charge in [0.15, 0.2) is 0 Å². The maximum Gasteiger partial charge on any atom is 0.297 e. The van der Waals surface area contributed by atoms with Gasteiger partial charge in [0.1, 0.15) is 4.90 Å². The lowest BCUT2D eigenvalue weighted by Crippen LogP contribution is -2.11. The first-order valence-electron chi connectivity index (χ1n) is 5.36. The molecule has 0 saturated heterocycles. The first kappa shape index (κ1) is 13.3. The number of rotatable bonds is 2. The number of carbonyl (C=O) groups is 1. The number of benzene rings is 2. The zero-order chi connectivity index (χ0) is 14.2. The van der Waals surface area contributed by atoms with Gasteiger partial charge >= 0.3 is 0 Å². The molecule has 0 atom stereocenters.